The number of nitrogens with one attached hydrogen (secondary N) is 1. The largest absolute Gasteiger partial charge is 0.507 e. The first-order valence-corrected chi connectivity index (χ1v) is 4.35. The Morgan fingerprint density at radius 2 is 2.23 bits per heavy atom. The van der Waals surface area contributed by atoms with E-state index in [4.69, 9.17) is 11.6 Å². The summed E-state index contributed by atoms with van der Waals surface area (Å²) in [5.41, 5.74) is 9.02. The van der Waals surface area contributed by atoms with Gasteiger partial charge in [-0.1, -0.05) is 6.07 Å². The Hall–Kier alpha value is -1.20. The van der Waals surface area contributed by atoms with Gasteiger partial charge in [0.1, 0.15) is 5.75 Å². The van der Waals surface area contributed by atoms with Gasteiger partial charge in [0, 0.05) is 11.8 Å². The maximum atomic E-state index is 9.36. The zero-order chi connectivity index (χ0) is 9.84. The average Bonchev–Trinajstić information content (AvgIpc) is 2.13. The fourth-order valence-electron chi connectivity index (χ4n) is 0.908. The lowest BCUT2D eigenvalue weighted by Crippen LogP contribution is -2.20. The first-order chi connectivity index (χ1) is 6.19. The minimum atomic E-state index is 0.145. The standard InChI is InChI=1S/C8H10BrN3O/c9-6-2-1-5(3-8(6)13)7(4-10)12-11/h1-4,12-13H,10-11H2/b7-4-. The number of hydrogen-bond donors (Lipinski definition) is 4. The zero-order valence-corrected chi connectivity index (χ0v) is 8.38. The number of halogens is 1. The highest BCUT2D eigenvalue weighted by atomic mass is 79.9. The Balaban J connectivity index is 3.10. The molecule has 0 heterocycles. The van der Waals surface area contributed by atoms with Crippen LogP contribution < -0.4 is 17.0 Å². The van der Waals surface area contributed by atoms with Gasteiger partial charge in [0.15, 0.2) is 0 Å². The molecular weight excluding hydrogens is 234 g/mol. The van der Waals surface area contributed by atoms with E-state index in [-0.39, 0.29) is 5.75 Å². The lowest BCUT2D eigenvalue weighted by Gasteiger charge is -2.06. The van der Waals surface area contributed by atoms with Gasteiger partial charge in [0.05, 0.1) is 10.2 Å². The number of nitrogens with two attached hydrogens (primary N) is 2. The number of phenolic OH excluding ortho intramolecular Hbond substituents is 1. The maximum Gasteiger partial charge on any atom is 0.130 e. The predicted octanol–water partition coefficient (Wildman–Crippen LogP) is 0.875. The van der Waals surface area contributed by atoms with Crippen molar-refractivity contribution in [1.82, 2.24) is 5.43 Å². The van der Waals surface area contributed by atoms with Gasteiger partial charge in [-0.05, 0) is 28.1 Å². The van der Waals surface area contributed by atoms with Crippen molar-refractivity contribution in [3.63, 3.8) is 0 Å². The summed E-state index contributed by atoms with van der Waals surface area (Å²) in [6.07, 6.45) is 1.34. The molecule has 4 nitrogen and oxygen atoms in total. The van der Waals surface area contributed by atoms with E-state index in [1.165, 1.54) is 6.20 Å². The maximum absolute atomic E-state index is 9.36. The van der Waals surface area contributed by atoms with Crippen molar-refractivity contribution >= 4 is 21.6 Å². The number of hydrazine groups is 1. The molecule has 0 fully saturated rings. The molecule has 0 aromatic heterocycles. The molecule has 0 aliphatic heterocycles. The number of aromatic hydroxyl groups is 1. The van der Waals surface area contributed by atoms with Gasteiger partial charge < -0.3 is 16.3 Å². The highest BCUT2D eigenvalue weighted by Crippen LogP contribution is 2.26. The van der Waals surface area contributed by atoms with Crippen molar-refractivity contribution in [2.24, 2.45) is 11.6 Å². The second-order valence-corrected chi connectivity index (χ2v) is 3.25. The van der Waals surface area contributed by atoms with Gasteiger partial charge in [-0.15, -0.1) is 0 Å². The van der Waals surface area contributed by atoms with E-state index < -0.39 is 0 Å². The molecule has 13 heavy (non-hydrogen) atoms. The molecule has 0 bridgehead atoms. The Morgan fingerprint density at radius 1 is 1.54 bits per heavy atom. The third-order valence-electron chi connectivity index (χ3n) is 1.58. The van der Waals surface area contributed by atoms with Gasteiger partial charge in [-0.25, -0.2) is 0 Å². The van der Waals surface area contributed by atoms with Crippen LogP contribution in [0.15, 0.2) is 28.9 Å². The van der Waals surface area contributed by atoms with Gasteiger partial charge in [0.25, 0.3) is 0 Å². The van der Waals surface area contributed by atoms with Crippen LogP contribution in [0.4, 0.5) is 0 Å². The monoisotopic (exact) mass is 243 g/mol. The summed E-state index contributed by atoms with van der Waals surface area (Å²) in [6.45, 7) is 0. The van der Waals surface area contributed by atoms with Crippen LogP contribution in [0.25, 0.3) is 5.70 Å². The van der Waals surface area contributed by atoms with Crippen LogP contribution in [0.3, 0.4) is 0 Å². The molecule has 0 saturated heterocycles. The zero-order valence-electron chi connectivity index (χ0n) is 6.79. The van der Waals surface area contributed by atoms with E-state index in [9.17, 15) is 5.11 Å². The Labute approximate surface area is 84.3 Å². The molecule has 70 valence electrons. The lowest BCUT2D eigenvalue weighted by atomic mass is 10.1. The van der Waals surface area contributed by atoms with Gasteiger partial charge in [0.2, 0.25) is 0 Å². The predicted molar refractivity (Wildman–Crippen MR) is 55.3 cm³/mol. The second-order valence-electron chi connectivity index (χ2n) is 2.39. The summed E-state index contributed by atoms with van der Waals surface area (Å²) in [7, 11) is 0. The molecule has 1 aromatic rings. The highest BCUT2D eigenvalue weighted by Gasteiger charge is 2.02. The van der Waals surface area contributed by atoms with Gasteiger partial charge >= 0.3 is 0 Å². The molecule has 5 heteroatoms. The second kappa shape index (κ2) is 4.15. The minimum Gasteiger partial charge on any atom is -0.507 e. The topological polar surface area (TPSA) is 84.3 Å². The van der Waals surface area contributed by atoms with Crippen molar-refractivity contribution in [1.29, 1.82) is 0 Å². The molecular formula is C8H10BrN3O. The minimum absolute atomic E-state index is 0.145. The molecule has 0 saturated carbocycles. The van der Waals surface area contributed by atoms with E-state index >= 15 is 0 Å². The average molecular weight is 244 g/mol. The Morgan fingerprint density at radius 3 is 2.69 bits per heavy atom. The summed E-state index contributed by atoms with van der Waals surface area (Å²) in [5.74, 6) is 5.36. The lowest BCUT2D eigenvalue weighted by molar-refractivity contribution is 0.471. The van der Waals surface area contributed by atoms with Crippen molar-refractivity contribution in [3.8, 4) is 5.75 Å². The van der Waals surface area contributed by atoms with E-state index in [2.05, 4.69) is 21.4 Å². The SMILES string of the molecule is N/C=C(\NN)c1ccc(Br)c(O)c1. The van der Waals surface area contributed by atoms with Crippen LogP contribution >= 0.6 is 15.9 Å². The molecule has 0 spiro atoms. The van der Waals surface area contributed by atoms with E-state index in [1.54, 1.807) is 18.2 Å². The molecule has 0 radical (unpaired) electrons. The molecule has 0 amide bonds. The molecule has 0 aliphatic rings. The summed E-state index contributed by atoms with van der Waals surface area (Å²) in [4.78, 5) is 0. The molecule has 1 rings (SSSR count). The van der Waals surface area contributed by atoms with Crippen LogP contribution in [0, 0.1) is 0 Å². The Bertz CT molecular complexity index is 338. The third kappa shape index (κ3) is 2.13. The fourth-order valence-corrected chi connectivity index (χ4v) is 1.15. The molecule has 0 atom stereocenters. The molecule has 1 aromatic carbocycles. The van der Waals surface area contributed by atoms with Crippen LogP contribution in [0.2, 0.25) is 0 Å². The summed E-state index contributed by atoms with van der Waals surface area (Å²) in [5, 5.41) is 9.36. The molecule has 0 aliphatic carbocycles. The van der Waals surface area contributed by atoms with Crippen LogP contribution in [-0.4, -0.2) is 5.11 Å². The van der Waals surface area contributed by atoms with Crippen LogP contribution in [0.1, 0.15) is 5.56 Å². The molecule has 0 unspecified atom stereocenters. The highest BCUT2D eigenvalue weighted by molar-refractivity contribution is 9.10. The van der Waals surface area contributed by atoms with Crippen LogP contribution in [-0.2, 0) is 0 Å². The number of phenols is 1. The van der Waals surface area contributed by atoms with E-state index in [0.717, 1.165) is 5.56 Å². The van der Waals surface area contributed by atoms with Gasteiger partial charge in [-0.3, -0.25) is 5.84 Å². The van der Waals surface area contributed by atoms with E-state index in [1.807, 2.05) is 0 Å². The smallest absolute Gasteiger partial charge is 0.130 e. The number of rotatable bonds is 2. The van der Waals surface area contributed by atoms with Crippen molar-refractivity contribution in [2.75, 3.05) is 0 Å². The van der Waals surface area contributed by atoms with Crippen molar-refractivity contribution in [3.05, 3.63) is 34.4 Å². The van der Waals surface area contributed by atoms with Crippen LogP contribution in [0.5, 0.6) is 5.75 Å². The molecule has 6 N–H and O–H groups in total. The van der Waals surface area contributed by atoms with Gasteiger partial charge in [-0.2, -0.15) is 0 Å². The van der Waals surface area contributed by atoms with Crippen molar-refractivity contribution < 1.29 is 5.11 Å². The summed E-state index contributed by atoms with van der Waals surface area (Å²) in [6, 6.07) is 5.05. The van der Waals surface area contributed by atoms with E-state index in [0.29, 0.717) is 10.2 Å². The first kappa shape index (κ1) is 9.88. The number of hydrogen-bond acceptors (Lipinski definition) is 4. The number of benzene rings is 1. The Kier molecular flexibility index (Phi) is 3.16. The first-order valence-electron chi connectivity index (χ1n) is 3.56. The third-order valence-corrected chi connectivity index (χ3v) is 2.25. The summed E-state index contributed by atoms with van der Waals surface area (Å²) >= 11 is 3.17. The normalized spacial score (nSPS) is 11.4. The summed E-state index contributed by atoms with van der Waals surface area (Å²) < 4.78 is 0.629. The quantitative estimate of drug-likeness (QED) is 0.459. The van der Waals surface area contributed by atoms with Crippen molar-refractivity contribution in [2.45, 2.75) is 0 Å². The fraction of sp³-hybridized carbons (Fsp3) is 0.